The Kier molecular flexibility index (Phi) is 5.87. The van der Waals surface area contributed by atoms with Gasteiger partial charge >= 0.3 is 0 Å². The molecular weight excluding hydrogens is 431 g/mol. The van der Waals surface area contributed by atoms with Crippen LogP contribution in [0.5, 0.6) is 0 Å². The van der Waals surface area contributed by atoms with Crippen LogP contribution < -0.4 is 0 Å². The molecule has 0 spiro atoms. The van der Waals surface area contributed by atoms with Crippen LogP contribution in [0, 0.1) is 26.6 Å². The number of sulfonamides is 1. The van der Waals surface area contributed by atoms with Gasteiger partial charge in [-0.05, 0) is 56.2 Å². The third kappa shape index (κ3) is 4.05. The van der Waals surface area contributed by atoms with Crippen molar-refractivity contribution in [1.82, 2.24) is 18.8 Å². The number of rotatable bonds is 4. The first kappa shape index (κ1) is 22.2. The van der Waals surface area contributed by atoms with Crippen molar-refractivity contribution in [1.29, 1.82) is 0 Å². The number of carbonyl (C=O) groups excluding carboxylic acids is 1. The molecular formula is C23H25FN4O3S. The maximum atomic E-state index is 13.3. The molecule has 1 aliphatic heterocycles. The van der Waals surface area contributed by atoms with Gasteiger partial charge in [-0.25, -0.2) is 17.8 Å². The van der Waals surface area contributed by atoms with E-state index in [4.69, 9.17) is 0 Å². The van der Waals surface area contributed by atoms with Crippen molar-refractivity contribution in [3.63, 3.8) is 0 Å². The fourth-order valence-electron chi connectivity index (χ4n) is 4.26. The van der Waals surface area contributed by atoms with Gasteiger partial charge in [-0.2, -0.15) is 4.31 Å². The highest BCUT2D eigenvalue weighted by Gasteiger charge is 2.33. The summed E-state index contributed by atoms with van der Waals surface area (Å²) in [4.78, 5) is 19.2. The van der Waals surface area contributed by atoms with Gasteiger partial charge < -0.3 is 4.90 Å². The lowest BCUT2D eigenvalue weighted by Crippen LogP contribution is -2.50. The largest absolute Gasteiger partial charge is 0.335 e. The quantitative estimate of drug-likeness (QED) is 0.605. The van der Waals surface area contributed by atoms with Crippen molar-refractivity contribution >= 4 is 15.9 Å². The van der Waals surface area contributed by atoms with Gasteiger partial charge in [-0.1, -0.05) is 17.7 Å². The van der Waals surface area contributed by atoms with Crippen LogP contribution >= 0.6 is 0 Å². The Hall–Kier alpha value is -3.04. The molecule has 3 aromatic rings. The number of hydrogen-bond acceptors (Lipinski definition) is 4. The van der Waals surface area contributed by atoms with Crippen LogP contribution in [0.25, 0.3) is 5.69 Å². The summed E-state index contributed by atoms with van der Waals surface area (Å²) in [5, 5.41) is 0. The summed E-state index contributed by atoms with van der Waals surface area (Å²) in [6.07, 6.45) is 2.97. The summed E-state index contributed by atoms with van der Waals surface area (Å²) < 4.78 is 42.9. The molecule has 1 aliphatic rings. The lowest BCUT2D eigenvalue weighted by Gasteiger charge is -2.34. The summed E-state index contributed by atoms with van der Waals surface area (Å²) in [6.45, 7) is 6.54. The van der Waals surface area contributed by atoms with Crippen molar-refractivity contribution in [2.45, 2.75) is 25.7 Å². The minimum absolute atomic E-state index is 0.214. The standard InChI is InChI=1S/C23H25FN4O3S/c1-16-12-17(2)22(18(3)13-16)32(30,31)27-10-8-26(9-11-27)23(29)21-14-25-15-28(21)20-6-4-19(24)5-7-20/h4-7,12-15H,8-11H2,1-3H3. The smallest absolute Gasteiger partial charge is 0.272 e. The van der Waals surface area contributed by atoms with Crippen LogP contribution in [0.15, 0.2) is 53.8 Å². The van der Waals surface area contributed by atoms with Crippen molar-refractivity contribution in [2.24, 2.45) is 0 Å². The van der Waals surface area contributed by atoms with Gasteiger partial charge in [0, 0.05) is 31.9 Å². The molecule has 32 heavy (non-hydrogen) atoms. The predicted molar refractivity (Wildman–Crippen MR) is 119 cm³/mol. The molecule has 4 rings (SSSR count). The van der Waals surface area contributed by atoms with Gasteiger partial charge in [-0.15, -0.1) is 0 Å². The highest BCUT2D eigenvalue weighted by atomic mass is 32.2. The van der Waals surface area contributed by atoms with E-state index in [9.17, 15) is 17.6 Å². The molecule has 1 fully saturated rings. The number of hydrogen-bond donors (Lipinski definition) is 0. The van der Waals surface area contributed by atoms with Crippen molar-refractivity contribution in [2.75, 3.05) is 26.2 Å². The molecule has 2 aromatic carbocycles. The molecule has 1 aromatic heterocycles. The monoisotopic (exact) mass is 456 g/mol. The van der Waals surface area contributed by atoms with E-state index in [-0.39, 0.29) is 37.9 Å². The van der Waals surface area contributed by atoms with E-state index in [2.05, 4.69) is 4.98 Å². The maximum absolute atomic E-state index is 13.3. The third-order valence-corrected chi connectivity index (χ3v) is 7.90. The first-order chi connectivity index (χ1) is 15.2. The zero-order valence-corrected chi connectivity index (χ0v) is 19.1. The predicted octanol–water partition coefficient (Wildman–Crippen LogP) is 3.08. The van der Waals surface area contributed by atoms with Crippen LogP contribution in [-0.2, 0) is 10.0 Å². The molecule has 0 radical (unpaired) electrons. The van der Waals surface area contributed by atoms with Crippen LogP contribution in [0.4, 0.5) is 4.39 Å². The number of piperazine rings is 1. The van der Waals surface area contributed by atoms with Crippen molar-refractivity contribution in [3.8, 4) is 5.69 Å². The van der Waals surface area contributed by atoms with E-state index < -0.39 is 10.0 Å². The zero-order chi connectivity index (χ0) is 23.0. The highest BCUT2D eigenvalue weighted by Crippen LogP contribution is 2.26. The first-order valence-corrected chi connectivity index (χ1v) is 11.8. The molecule has 0 N–H and O–H groups in total. The lowest BCUT2D eigenvalue weighted by molar-refractivity contribution is 0.0689. The summed E-state index contributed by atoms with van der Waals surface area (Å²) >= 11 is 0. The average Bonchev–Trinajstić information content (AvgIpc) is 3.23. The molecule has 0 atom stereocenters. The van der Waals surface area contributed by atoms with Crippen LogP contribution in [-0.4, -0.2) is 59.3 Å². The number of halogens is 1. The van der Waals surface area contributed by atoms with E-state index in [1.807, 2.05) is 32.9 Å². The minimum Gasteiger partial charge on any atom is -0.335 e. The second kappa shape index (κ2) is 8.48. The third-order valence-electron chi connectivity index (χ3n) is 5.69. The summed E-state index contributed by atoms with van der Waals surface area (Å²) in [6, 6.07) is 9.53. The Morgan fingerprint density at radius 3 is 2.16 bits per heavy atom. The summed E-state index contributed by atoms with van der Waals surface area (Å²) in [5.74, 6) is -0.607. The van der Waals surface area contributed by atoms with E-state index in [1.54, 1.807) is 21.6 Å². The molecule has 7 nitrogen and oxygen atoms in total. The van der Waals surface area contributed by atoms with Gasteiger partial charge in [0.1, 0.15) is 11.5 Å². The zero-order valence-electron chi connectivity index (χ0n) is 18.2. The topological polar surface area (TPSA) is 75.5 Å². The van der Waals surface area contributed by atoms with Gasteiger partial charge in [0.25, 0.3) is 5.91 Å². The summed E-state index contributed by atoms with van der Waals surface area (Å²) in [7, 11) is -3.66. The van der Waals surface area contributed by atoms with Crippen molar-refractivity contribution in [3.05, 3.63) is 77.1 Å². The highest BCUT2D eigenvalue weighted by molar-refractivity contribution is 7.89. The number of aromatic nitrogens is 2. The number of carbonyl (C=O) groups is 1. The first-order valence-electron chi connectivity index (χ1n) is 10.3. The van der Waals surface area contributed by atoms with Crippen molar-refractivity contribution < 1.29 is 17.6 Å². The number of nitrogens with zero attached hydrogens (tertiary/aromatic N) is 4. The number of benzene rings is 2. The van der Waals surface area contributed by atoms with Crippen LogP contribution in [0.2, 0.25) is 0 Å². The Balaban J connectivity index is 1.51. The van der Waals surface area contributed by atoms with E-state index in [0.29, 0.717) is 16.3 Å². The van der Waals surface area contributed by atoms with Gasteiger partial charge in [0.05, 0.1) is 17.4 Å². The normalized spacial score (nSPS) is 15.2. The molecule has 1 saturated heterocycles. The Bertz CT molecular complexity index is 1240. The molecule has 1 amide bonds. The molecule has 168 valence electrons. The number of aryl methyl sites for hydroxylation is 3. The average molecular weight is 457 g/mol. The fraction of sp³-hybridized carbons (Fsp3) is 0.304. The molecule has 0 saturated carbocycles. The van der Waals surface area contributed by atoms with E-state index in [1.165, 1.54) is 29.0 Å². The van der Waals surface area contributed by atoms with Crippen LogP contribution in [0.3, 0.4) is 0 Å². The number of imidazole rings is 1. The molecule has 0 unspecified atom stereocenters. The molecule has 9 heteroatoms. The Morgan fingerprint density at radius 1 is 0.969 bits per heavy atom. The van der Waals surface area contributed by atoms with Gasteiger partial charge in [0.2, 0.25) is 10.0 Å². The Morgan fingerprint density at radius 2 is 1.56 bits per heavy atom. The van der Waals surface area contributed by atoms with Gasteiger partial charge in [0.15, 0.2) is 0 Å². The number of amides is 1. The molecule has 0 aliphatic carbocycles. The van der Waals surface area contributed by atoms with Crippen LogP contribution in [0.1, 0.15) is 27.2 Å². The summed E-state index contributed by atoms with van der Waals surface area (Å²) in [5.41, 5.74) is 3.44. The second-order valence-electron chi connectivity index (χ2n) is 8.05. The van der Waals surface area contributed by atoms with E-state index >= 15 is 0 Å². The molecule has 2 heterocycles. The molecule has 0 bridgehead atoms. The van der Waals surface area contributed by atoms with E-state index in [0.717, 1.165) is 16.7 Å². The van der Waals surface area contributed by atoms with Gasteiger partial charge in [-0.3, -0.25) is 9.36 Å². The SMILES string of the molecule is Cc1cc(C)c(S(=O)(=O)N2CCN(C(=O)c3cncn3-c3ccc(F)cc3)CC2)c(C)c1. The second-order valence-corrected chi connectivity index (χ2v) is 9.92. The minimum atomic E-state index is -3.66. The lowest BCUT2D eigenvalue weighted by atomic mass is 10.1. The Labute approximate surface area is 187 Å². The maximum Gasteiger partial charge on any atom is 0.272 e. The fourth-order valence-corrected chi connectivity index (χ4v) is 6.09.